The number of carbonyl (C=O) groups is 1. The molecule has 1 fully saturated rings. The zero-order chi connectivity index (χ0) is 18.7. The maximum absolute atomic E-state index is 12.3. The lowest BCUT2D eigenvalue weighted by atomic mass is 10.1. The van der Waals surface area contributed by atoms with E-state index in [2.05, 4.69) is 9.88 Å². The number of aromatic amines is 1. The number of aromatic nitrogens is 1. The van der Waals surface area contributed by atoms with Gasteiger partial charge in [-0.15, -0.1) is 0 Å². The van der Waals surface area contributed by atoms with Gasteiger partial charge in [-0.25, -0.2) is 0 Å². The summed E-state index contributed by atoms with van der Waals surface area (Å²) >= 11 is 0. The fourth-order valence-electron chi connectivity index (χ4n) is 3.36. The number of amides is 1. The molecule has 1 saturated heterocycles. The van der Waals surface area contributed by atoms with Crippen molar-refractivity contribution in [3.05, 3.63) is 29.5 Å². The largest absolute Gasteiger partial charge is 0.493 e. The second-order valence-corrected chi connectivity index (χ2v) is 6.88. The zero-order valence-electron chi connectivity index (χ0n) is 15.5. The molecule has 7 nitrogen and oxygen atoms in total. The number of nitrogens with zero attached hydrogens (tertiary/aromatic N) is 2. The lowest BCUT2D eigenvalue weighted by Gasteiger charge is -2.14. The first-order valence-electron chi connectivity index (χ1n) is 9.06. The molecule has 1 aromatic heterocycles. The first-order valence-corrected chi connectivity index (χ1v) is 9.06. The van der Waals surface area contributed by atoms with Gasteiger partial charge in [0.15, 0.2) is 5.96 Å². The molecule has 0 bridgehead atoms. The van der Waals surface area contributed by atoms with Crippen molar-refractivity contribution < 1.29 is 9.53 Å². The number of carbonyl (C=O) groups excluding carboxylic acids is 1. The highest BCUT2D eigenvalue weighted by Crippen LogP contribution is 2.26. The van der Waals surface area contributed by atoms with Gasteiger partial charge in [0.05, 0.1) is 6.61 Å². The van der Waals surface area contributed by atoms with Crippen LogP contribution in [0.4, 0.5) is 0 Å². The minimum absolute atomic E-state index is 0.285. The van der Waals surface area contributed by atoms with Crippen LogP contribution in [0.2, 0.25) is 0 Å². The van der Waals surface area contributed by atoms with E-state index in [0.29, 0.717) is 12.3 Å². The predicted molar refractivity (Wildman–Crippen MR) is 103 cm³/mol. The fraction of sp³-hybridized carbons (Fsp3) is 0.474. The van der Waals surface area contributed by atoms with Gasteiger partial charge in [0.25, 0.3) is 5.91 Å². The van der Waals surface area contributed by atoms with E-state index in [0.717, 1.165) is 40.1 Å². The van der Waals surface area contributed by atoms with Crippen LogP contribution in [0.3, 0.4) is 0 Å². The summed E-state index contributed by atoms with van der Waals surface area (Å²) in [7, 11) is 1.48. The maximum Gasteiger partial charge on any atom is 0.276 e. The summed E-state index contributed by atoms with van der Waals surface area (Å²) < 4.78 is 5.91. The molecular weight excluding hydrogens is 330 g/mol. The van der Waals surface area contributed by atoms with Gasteiger partial charge >= 0.3 is 0 Å². The lowest BCUT2D eigenvalue weighted by Crippen LogP contribution is -2.38. The van der Waals surface area contributed by atoms with E-state index >= 15 is 0 Å². The van der Waals surface area contributed by atoms with Crippen molar-refractivity contribution in [2.24, 2.45) is 5.73 Å². The molecule has 3 rings (SSSR count). The Hall–Kier alpha value is -2.54. The van der Waals surface area contributed by atoms with Gasteiger partial charge in [-0.1, -0.05) is 0 Å². The third-order valence-corrected chi connectivity index (χ3v) is 4.90. The van der Waals surface area contributed by atoms with E-state index in [1.54, 1.807) is 6.07 Å². The summed E-state index contributed by atoms with van der Waals surface area (Å²) in [6.07, 6.45) is 3.63. The lowest BCUT2D eigenvalue weighted by molar-refractivity contribution is 0.0864. The number of rotatable bonds is 6. The summed E-state index contributed by atoms with van der Waals surface area (Å²) in [5, 5.41) is 8.36. The highest BCUT2D eigenvalue weighted by atomic mass is 16.5. The number of likely N-dealkylation sites (tertiary alicyclic amines) is 1. The molecule has 2 aromatic rings. The van der Waals surface area contributed by atoms with Crippen LogP contribution in [-0.2, 0) is 0 Å². The number of aryl methyl sites for hydroxylation is 1. The van der Waals surface area contributed by atoms with Crippen LogP contribution < -0.4 is 10.5 Å². The summed E-state index contributed by atoms with van der Waals surface area (Å²) in [4.78, 5) is 19.0. The van der Waals surface area contributed by atoms with Crippen LogP contribution in [0, 0.1) is 12.3 Å². The van der Waals surface area contributed by atoms with Crippen LogP contribution in [-0.4, -0.2) is 59.9 Å². The molecule has 7 heteroatoms. The summed E-state index contributed by atoms with van der Waals surface area (Å²) in [6.45, 7) is 6.18. The van der Waals surface area contributed by atoms with Crippen molar-refractivity contribution >= 4 is 22.8 Å². The van der Waals surface area contributed by atoms with Gasteiger partial charge < -0.3 is 20.4 Å². The maximum atomic E-state index is 12.3. The van der Waals surface area contributed by atoms with Crippen LogP contribution in [0.1, 0.15) is 35.3 Å². The van der Waals surface area contributed by atoms with E-state index in [1.807, 2.05) is 19.1 Å². The molecule has 140 valence electrons. The molecular formula is C19H27N5O2. The first kappa shape index (κ1) is 18.3. The molecule has 2 heterocycles. The number of benzene rings is 1. The molecule has 0 radical (unpaired) electrons. The van der Waals surface area contributed by atoms with Crippen LogP contribution >= 0.6 is 0 Å². The van der Waals surface area contributed by atoms with Gasteiger partial charge in [0.1, 0.15) is 11.4 Å². The van der Waals surface area contributed by atoms with E-state index < -0.39 is 0 Å². The fourth-order valence-corrected chi connectivity index (χ4v) is 3.36. The van der Waals surface area contributed by atoms with Gasteiger partial charge in [-0.05, 0) is 57.0 Å². The van der Waals surface area contributed by atoms with Crippen LogP contribution in [0.5, 0.6) is 5.75 Å². The van der Waals surface area contributed by atoms with Crippen LogP contribution in [0.15, 0.2) is 18.2 Å². The number of ether oxygens (including phenoxy) is 1. The Labute approximate surface area is 153 Å². The minimum atomic E-state index is -0.332. The Balaban J connectivity index is 1.66. The number of nitrogens with one attached hydrogen (secondary N) is 2. The molecule has 1 aliphatic heterocycles. The highest BCUT2D eigenvalue weighted by molar-refractivity contribution is 6.06. The van der Waals surface area contributed by atoms with E-state index in [1.165, 1.54) is 33.0 Å². The predicted octanol–water partition coefficient (Wildman–Crippen LogP) is 2.31. The Kier molecular flexibility index (Phi) is 5.46. The number of guanidine groups is 1. The minimum Gasteiger partial charge on any atom is -0.493 e. The van der Waals surface area contributed by atoms with Gasteiger partial charge in [0, 0.05) is 30.6 Å². The Morgan fingerprint density at radius 2 is 2.08 bits per heavy atom. The molecule has 1 aliphatic rings. The molecule has 0 saturated carbocycles. The Morgan fingerprint density at radius 1 is 1.35 bits per heavy atom. The summed E-state index contributed by atoms with van der Waals surface area (Å²) in [5.74, 6) is 0.186. The number of H-pyrrole nitrogens is 1. The number of hydrogen-bond donors (Lipinski definition) is 3. The average molecular weight is 357 g/mol. The second-order valence-electron chi connectivity index (χ2n) is 6.88. The van der Waals surface area contributed by atoms with Gasteiger partial charge in [-0.2, -0.15) is 0 Å². The highest BCUT2D eigenvalue weighted by Gasteiger charge is 2.17. The van der Waals surface area contributed by atoms with E-state index in [9.17, 15) is 4.79 Å². The third-order valence-electron chi connectivity index (χ3n) is 4.90. The zero-order valence-corrected chi connectivity index (χ0v) is 15.5. The standard InChI is InChI=1S/C19H27N5O2/c1-13-10-14(26-9-5-8-24-6-3-4-7-24)11-16-15(13)12-17(22-16)18(25)23(2)19(20)21/h10-12,22H,3-9H2,1-2H3,(H3,20,21). The van der Waals surface area contributed by atoms with Gasteiger partial charge in [-0.3, -0.25) is 15.1 Å². The molecule has 0 atom stereocenters. The summed E-state index contributed by atoms with van der Waals surface area (Å²) in [6, 6.07) is 5.71. The molecule has 0 unspecified atom stereocenters. The van der Waals surface area contributed by atoms with Gasteiger partial charge in [0.2, 0.25) is 0 Å². The first-order chi connectivity index (χ1) is 12.5. The molecule has 26 heavy (non-hydrogen) atoms. The van der Waals surface area contributed by atoms with Crippen molar-refractivity contribution in [1.29, 1.82) is 5.41 Å². The molecule has 0 aliphatic carbocycles. The monoisotopic (exact) mass is 357 g/mol. The molecule has 1 aromatic carbocycles. The number of fused-ring (bicyclic) bond motifs is 1. The normalized spacial score (nSPS) is 14.7. The van der Waals surface area contributed by atoms with E-state index in [-0.39, 0.29) is 11.9 Å². The summed E-state index contributed by atoms with van der Waals surface area (Å²) in [5.41, 5.74) is 7.68. The Morgan fingerprint density at radius 3 is 2.77 bits per heavy atom. The van der Waals surface area contributed by atoms with Crippen molar-refractivity contribution in [1.82, 2.24) is 14.8 Å². The number of nitrogens with two attached hydrogens (primary N) is 1. The van der Waals surface area contributed by atoms with Crippen LogP contribution in [0.25, 0.3) is 10.9 Å². The Bertz CT molecular complexity index is 808. The molecule has 1 amide bonds. The third kappa shape index (κ3) is 3.99. The van der Waals surface area contributed by atoms with E-state index in [4.69, 9.17) is 15.9 Å². The average Bonchev–Trinajstić information content (AvgIpc) is 3.27. The smallest absolute Gasteiger partial charge is 0.276 e. The number of hydrogen-bond acceptors (Lipinski definition) is 4. The van der Waals surface area contributed by atoms with Crippen molar-refractivity contribution in [2.45, 2.75) is 26.2 Å². The van der Waals surface area contributed by atoms with Crippen molar-refractivity contribution in [3.63, 3.8) is 0 Å². The molecule has 0 spiro atoms. The van der Waals surface area contributed by atoms with Crippen molar-refractivity contribution in [3.8, 4) is 5.75 Å². The SMILES string of the molecule is Cc1cc(OCCCN2CCCC2)cc2[nH]c(C(=O)N(C)C(=N)N)cc12. The van der Waals surface area contributed by atoms with Crippen molar-refractivity contribution in [2.75, 3.05) is 33.3 Å². The topological polar surface area (TPSA) is 98.4 Å². The quantitative estimate of drug-likeness (QED) is 0.420. The second kappa shape index (κ2) is 7.78. The molecule has 4 N–H and O–H groups in total.